The molecule has 3 N–H and O–H groups in total. The van der Waals surface area contributed by atoms with Gasteiger partial charge in [0.25, 0.3) is 6.01 Å². The van der Waals surface area contributed by atoms with Gasteiger partial charge in [-0.1, -0.05) is 32.9 Å². The Hall–Kier alpha value is -2.57. The third kappa shape index (κ3) is 3.45. The lowest BCUT2D eigenvalue weighted by Crippen LogP contribution is -2.53. The molecule has 1 saturated heterocycles. The molecule has 1 aromatic heterocycles. The molecule has 2 heterocycles. The third-order valence-electron chi connectivity index (χ3n) is 4.54. The maximum absolute atomic E-state index is 13.1. The molecule has 0 radical (unpaired) electrons. The van der Waals surface area contributed by atoms with Gasteiger partial charge in [-0.15, -0.1) is 0 Å². The van der Waals surface area contributed by atoms with Crippen LogP contribution in [-0.4, -0.2) is 40.3 Å². The number of aromatic nitrogens is 1. The van der Waals surface area contributed by atoms with Crippen LogP contribution in [0.3, 0.4) is 0 Å². The van der Waals surface area contributed by atoms with Crippen molar-refractivity contribution in [2.75, 3.05) is 11.9 Å². The first-order valence-electron chi connectivity index (χ1n) is 8.49. The van der Waals surface area contributed by atoms with Crippen molar-refractivity contribution >= 4 is 28.9 Å². The van der Waals surface area contributed by atoms with Gasteiger partial charge in [-0.3, -0.25) is 9.59 Å². The molecule has 2 atom stereocenters. The number of primary amides is 1. The number of amides is 2. The number of hydrogen-bond donors (Lipinski definition) is 2. The van der Waals surface area contributed by atoms with Gasteiger partial charge in [0.1, 0.15) is 17.6 Å². The lowest BCUT2D eigenvalue weighted by Gasteiger charge is -2.34. The fraction of sp³-hybridized carbons (Fsp3) is 0.500. The van der Waals surface area contributed by atoms with E-state index in [4.69, 9.17) is 10.2 Å². The smallest absolute Gasteiger partial charge is 0.296 e. The molecule has 2 unspecified atom stereocenters. The third-order valence-corrected chi connectivity index (χ3v) is 4.54. The highest BCUT2D eigenvalue weighted by atomic mass is 16.4. The van der Waals surface area contributed by atoms with Gasteiger partial charge >= 0.3 is 0 Å². The number of rotatable bonds is 4. The van der Waals surface area contributed by atoms with Gasteiger partial charge in [-0.25, -0.2) is 0 Å². The summed E-state index contributed by atoms with van der Waals surface area (Å²) in [5, 5.41) is 3.12. The Bertz CT molecular complexity index is 760. The molecule has 0 bridgehead atoms. The average molecular weight is 344 g/mol. The van der Waals surface area contributed by atoms with Crippen molar-refractivity contribution in [1.29, 1.82) is 0 Å². The van der Waals surface area contributed by atoms with Crippen LogP contribution in [0.2, 0.25) is 0 Å². The molecule has 2 amide bonds. The van der Waals surface area contributed by atoms with Gasteiger partial charge in [0.2, 0.25) is 11.8 Å². The Balaban J connectivity index is 1.87. The maximum Gasteiger partial charge on any atom is 0.296 e. The number of nitrogens with one attached hydrogen (secondary N) is 1. The minimum absolute atomic E-state index is 0.156. The standard InChI is InChI=1S/C18H24N4O3/c1-18(2,3)14(16(24)22-10-6-8-12(22)15(19)23)21-17-20-11-7-4-5-9-13(11)25-17/h4-5,7,9,12,14H,6,8,10H2,1-3H3,(H2,19,23)(H,20,21). The number of fused-ring (bicyclic) bond motifs is 1. The summed E-state index contributed by atoms with van der Waals surface area (Å²) >= 11 is 0. The van der Waals surface area contributed by atoms with Crippen molar-refractivity contribution in [3.63, 3.8) is 0 Å². The molecule has 1 fully saturated rings. The van der Waals surface area contributed by atoms with E-state index in [0.717, 1.165) is 11.9 Å². The summed E-state index contributed by atoms with van der Waals surface area (Å²) in [6.45, 7) is 6.41. The van der Waals surface area contributed by atoms with E-state index in [-0.39, 0.29) is 5.91 Å². The Morgan fingerprint density at radius 2 is 2.08 bits per heavy atom. The Morgan fingerprint density at radius 1 is 1.36 bits per heavy atom. The number of oxazole rings is 1. The highest BCUT2D eigenvalue weighted by molar-refractivity contribution is 5.91. The second-order valence-electron chi connectivity index (χ2n) is 7.52. The van der Waals surface area contributed by atoms with Crippen LogP contribution in [0.1, 0.15) is 33.6 Å². The molecule has 0 spiro atoms. The van der Waals surface area contributed by atoms with E-state index in [1.165, 1.54) is 0 Å². The fourth-order valence-electron chi connectivity index (χ4n) is 3.20. The van der Waals surface area contributed by atoms with E-state index >= 15 is 0 Å². The average Bonchev–Trinajstić information content (AvgIpc) is 3.17. The largest absolute Gasteiger partial charge is 0.424 e. The lowest BCUT2D eigenvalue weighted by molar-refractivity contribution is -0.139. The van der Waals surface area contributed by atoms with Crippen molar-refractivity contribution in [2.24, 2.45) is 11.1 Å². The van der Waals surface area contributed by atoms with E-state index in [1.54, 1.807) is 4.90 Å². The summed E-state index contributed by atoms with van der Waals surface area (Å²) in [6, 6.07) is 6.59. The molecule has 0 saturated carbocycles. The van der Waals surface area contributed by atoms with Gasteiger partial charge in [0.15, 0.2) is 5.58 Å². The first-order valence-corrected chi connectivity index (χ1v) is 8.49. The van der Waals surface area contributed by atoms with Crippen LogP contribution >= 0.6 is 0 Å². The summed E-state index contributed by atoms with van der Waals surface area (Å²) in [4.78, 5) is 30.7. The van der Waals surface area contributed by atoms with E-state index < -0.39 is 23.4 Å². The number of hydrogen-bond acceptors (Lipinski definition) is 5. The number of benzene rings is 1. The molecule has 134 valence electrons. The topological polar surface area (TPSA) is 101 Å². The molecule has 7 heteroatoms. The van der Waals surface area contributed by atoms with Crippen LogP contribution in [0.4, 0.5) is 6.01 Å². The SMILES string of the molecule is CC(C)(C)C(Nc1nc2ccccc2o1)C(=O)N1CCCC1C(N)=O. The first kappa shape index (κ1) is 17.3. The molecule has 0 aliphatic carbocycles. The van der Waals surface area contributed by atoms with E-state index in [1.807, 2.05) is 45.0 Å². The van der Waals surface area contributed by atoms with Crippen molar-refractivity contribution in [3.05, 3.63) is 24.3 Å². The highest BCUT2D eigenvalue weighted by Crippen LogP contribution is 2.29. The molecule has 1 aromatic carbocycles. The summed E-state index contributed by atoms with van der Waals surface area (Å²) < 4.78 is 5.70. The number of carbonyl (C=O) groups is 2. The molecular weight excluding hydrogens is 320 g/mol. The lowest BCUT2D eigenvalue weighted by atomic mass is 9.85. The zero-order valence-corrected chi connectivity index (χ0v) is 14.8. The molecule has 2 aromatic rings. The van der Waals surface area contributed by atoms with Crippen LogP contribution in [0, 0.1) is 5.41 Å². The zero-order valence-electron chi connectivity index (χ0n) is 14.8. The summed E-state index contributed by atoms with van der Waals surface area (Å²) in [7, 11) is 0. The van der Waals surface area contributed by atoms with Crippen LogP contribution in [0.25, 0.3) is 11.1 Å². The van der Waals surface area contributed by atoms with E-state index in [9.17, 15) is 9.59 Å². The second-order valence-corrected chi connectivity index (χ2v) is 7.52. The number of carbonyl (C=O) groups excluding carboxylic acids is 2. The molecule has 3 rings (SSSR count). The van der Waals surface area contributed by atoms with Crippen LogP contribution in [-0.2, 0) is 9.59 Å². The van der Waals surface area contributed by atoms with E-state index in [2.05, 4.69) is 10.3 Å². The number of anilines is 1. The number of para-hydroxylation sites is 2. The first-order chi connectivity index (χ1) is 11.8. The molecule has 1 aliphatic heterocycles. The van der Waals surface area contributed by atoms with E-state index in [0.29, 0.717) is 24.6 Å². The monoisotopic (exact) mass is 344 g/mol. The number of likely N-dealkylation sites (tertiary alicyclic amines) is 1. The van der Waals surface area contributed by atoms with Crippen LogP contribution in [0.5, 0.6) is 0 Å². The molecular formula is C18H24N4O3. The van der Waals surface area contributed by atoms with Gasteiger partial charge in [-0.05, 0) is 30.4 Å². The number of nitrogens with two attached hydrogens (primary N) is 1. The van der Waals surface area contributed by atoms with Crippen molar-refractivity contribution < 1.29 is 14.0 Å². The predicted octanol–water partition coefficient (Wildman–Crippen LogP) is 2.13. The van der Waals surface area contributed by atoms with Gasteiger partial charge in [0.05, 0.1) is 0 Å². The number of nitrogens with zero attached hydrogens (tertiary/aromatic N) is 2. The summed E-state index contributed by atoms with van der Waals surface area (Å²) in [6.07, 6.45) is 1.39. The van der Waals surface area contributed by atoms with Crippen molar-refractivity contribution in [2.45, 2.75) is 45.7 Å². The molecule has 7 nitrogen and oxygen atoms in total. The minimum atomic E-state index is -0.583. The molecule has 25 heavy (non-hydrogen) atoms. The Labute approximate surface area is 146 Å². The Morgan fingerprint density at radius 3 is 2.72 bits per heavy atom. The van der Waals surface area contributed by atoms with Crippen molar-refractivity contribution in [3.8, 4) is 0 Å². The second kappa shape index (κ2) is 6.38. The fourth-order valence-corrected chi connectivity index (χ4v) is 3.20. The zero-order chi connectivity index (χ0) is 18.2. The van der Waals surface area contributed by atoms with Crippen molar-refractivity contribution in [1.82, 2.24) is 9.88 Å². The molecule has 1 aliphatic rings. The summed E-state index contributed by atoms with van der Waals surface area (Å²) in [5.41, 5.74) is 6.43. The maximum atomic E-state index is 13.1. The summed E-state index contributed by atoms with van der Waals surface area (Å²) in [5.74, 6) is -0.614. The van der Waals surface area contributed by atoms with Gasteiger partial charge < -0.3 is 20.4 Å². The predicted molar refractivity (Wildman–Crippen MR) is 94.8 cm³/mol. The quantitative estimate of drug-likeness (QED) is 0.885. The minimum Gasteiger partial charge on any atom is -0.424 e. The normalized spacial score (nSPS) is 19.2. The van der Waals surface area contributed by atoms with Gasteiger partial charge in [0, 0.05) is 6.54 Å². The Kier molecular flexibility index (Phi) is 4.41. The van der Waals surface area contributed by atoms with Gasteiger partial charge in [-0.2, -0.15) is 4.98 Å². The highest BCUT2D eigenvalue weighted by Gasteiger charge is 2.41. The van der Waals surface area contributed by atoms with Crippen LogP contribution in [0.15, 0.2) is 28.7 Å². The van der Waals surface area contributed by atoms with Crippen LogP contribution < -0.4 is 11.1 Å².